The molecular weight excluding hydrogens is 1670 g/mol. The molecule has 0 radical (unpaired) electrons. The first-order valence-electron chi connectivity index (χ1n) is 42.3. The first kappa shape index (κ1) is 98.8. The lowest BCUT2D eigenvalue weighted by molar-refractivity contribution is -0.142. The number of halogens is 1. The second kappa shape index (κ2) is 46.0. The summed E-state index contributed by atoms with van der Waals surface area (Å²) in [6.45, 7) is 18.9. The van der Waals surface area contributed by atoms with Crippen molar-refractivity contribution in [1.29, 1.82) is 0 Å². The van der Waals surface area contributed by atoms with Gasteiger partial charge in [-0.05, 0) is 233 Å². The molecule has 6 aromatic carbocycles. The molecule has 0 unspecified atom stereocenters. The summed E-state index contributed by atoms with van der Waals surface area (Å²) < 4.78 is 96.6. The van der Waals surface area contributed by atoms with Crippen molar-refractivity contribution in [1.82, 2.24) is 25.8 Å². The highest BCUT2D eigenvalue weighted by Gasteiger charge is 2.41. The maximum atomic E-state index is 12.9. The zero-order valence-corrected chi connectivity index (χ0v) is 76.6. The number of hydrogen-bond donors (Lipinski definition) is 3. The lowest BCUT2D eigenvalue weighted by Crippen LogP contribution is -2.41. The molecule has 5 amide bonds. The molecule has 3 N–H and O–H groups in total. The first-order valence-corrected chi connectivity index (χ1v) is 42.7. The van der Waals surface area contributed by atoms with Crippen LogP contribution in [0.4, 0.5) is 28.8 Å². The Morgan fingerprint density at radius 3 is 0.843 bits per heavy atom. The van der Waals surface area contributed by atoms with E-state index in [1.807, 2.05) is 87.5 Å². The van der Waals surface area contributed by atoms with Crippen LogP contribution in [-0.4, -0.2) is 209 Å². The Hall–Kier alpha value is -12.0. The van der Waals surface area contributed by atoms with Gasteiger partial charge in [-0.25, -0.2) is 28.8 Å². The number of alkyl carbamates (subject to hydrolysis) is 3. The molecule has 6 aliphatic rings. The fourth-order valence-electron chi connectivity index (χ4n) is 15.6. The molecule has 127 heavy (non-hydrogen) atoms. The highest BCUT2D eigenvalue weighted by molar-refractivity contribution is 6.61. The van der Waals surface area contributed by atoms with Crippen molar-refractivity contribution in [3.63, 3.8) is 0 Å². The van der Waals surface area contributed by atoms with Crippen LogP contribution in [0.25, 0.3) is 0 Å². The maximum absolute atomic E-state index is 12.9. The van der Waals surface area contributed by atoms with Gasteiger partial charge >= 0.3 is 53.8 Å². The number of carbonyl (C=O) groups is 9. The molecule has 5 heterocycles. The molecule has 0 aromatic heterocycles. The van der Waals surface area contributed by atoms with Crippen LogP contribution in [0.15, 0.2) is 109 Å². The monoisotopic (exact) mass is 1790 g/mol. The Balaban J connectivity index is 0.000000203. The van der Waals surface area contributed by atoms with Gasteiger partial charge < -0.3 is 111 Å². The molecule has 5 saturated heterocycles. The van der Waals surface area contributed by atoms with E-state index in [0.29, 0.717) is 155 Å². The minimum absolute atomic E-state index is 0.0157. The van der Waals surface area contributed by atoms with E-state index in [9.17, 15) is 43.2 Å². The third-order valence-corrected chi connectivity index (χ3v) is 21.9. The van der Waals surface area contributed by atoms with Gasteiger partial charge in [-0.2, -0.15) is 0 Å². The summed E-state index contributed by atoms with van der Waals surface area (Å²) in [6, 6.07) is 32.7. The summed E-state index contributed by atoms with van der Waals surface area (Å²) in [6.07, 6.45) is 6.75. The summed E-state index contributed by atoms with van der Waals surface area (Å²) in [5.74, 6) is 4.05. The predicted octanol–water partition coefficient (Wildman–Crippen LogP) is 15.2. The van der Waals surface area contributed by atoms with Gasteiger partial charge in [-0.15, -0.1) is 0 Å². The largest absolute Gasteiger partial charge is 0.493 e. The normalized spacial score (nSPS) is 19.4. The minimum Gasteiger partial charge on any atom is -0.493 e. The lowest BCUT2D eigenvalue weighted by Gasteiger charge is -2.22. The molecule has 6 fully saturated rings. The molecule has 1 aliphatic carbocycles. The van der Waals surface area contributed by atoms with Gasteiger partial charge in [-0.1, -0.05) is 49.2 Å². The van der Waals surface area contributed by atoms with Gasteiger partial charge in [0.15, 0.2) is 69.0 Å². The fraction of sp³-hybridized carbons (Fsp3) is 0.521. The summed E-state index contributed by atoms with van der Waals surface area (Å²) in [7, 11) is 14.0. The van der Waals surface area contributed by atoms with Crippen molar-refractivity contribution in [3.8, 4) is 69.0 Å². The smallest absolute Gasteiger partial charge is 0.415 e. The van der Waals surface area contributed by atoms with Crippen molar-refractivity contribution < 1.29 is 128 Å². The average Bonchev–Trinajstić information content (AvgIpc) is 1.74. The quantitative estimate of drug-likeness (QED) is 0.0245. The van der Waals surface area contributed by atoms with Crippen molar-refractivity contribution in [2.45, 2.75) is 174 Å². The third-order valence-electron chi connectivity index (χ3n) is 21.8. The number of nitrogens with zero attached hydrogens (tertiary/aromatic N) is 2. The van der Waals surface area contributed by atoms with E-state index in [0.717, 1.165) is 46.2 Å². The van der Waals surface area contributed by atoms with Crippen LogP contribution in [0.1, 0.15) is 134 Å². The molecule has 0 bridgehead atoms. The Bertz CT molecular complexity index is 4570. The zero-order chi connectivity index (χ0) is 92.5. The van der Waals surface area contributed by atoms with Gasteiger partial charge in [0.1, 0.15) is 16.8 Å². The second-order valence-electron chi connectivity index (χ2n) is 34.6. The first-order chi connectivity index (χ1) is 60.4. The molecule has 8 atom stereocenters. The number of carbonyl (C=O) groups excluding carboxylic acids is 9. The fourth-order valence-corrected chi connectivity index (χ4v) is 15.7. The van der Waals surface area contributed by atoms with Crippen LogP contribution >= 0.6 is 11.6 Å². The number of rotatable bonds is 27. The second-order valence-corrected chi connectivity index (χ2v) is 34.9. The SMILES string of the molecule is CC(C)(C)OC(=O)NC1CCCC1.COc1ccc(C[C@H]2COC(=O)[C@@H]2Cc2ccc(OC(=O)Cl)c(OC)c2)cc1OC.COc1ccc(C[C@H]2COC(=O)[C@@H]2Cc2ccc(OC(=O)N3CC[C@@H](NC(=O)OC(C)(C)C)C3)c(OC)c2)cc1OC.COc1ccc(C[C@H]2COC(=O)[C@@H]2Cc2ccc(OC(=O)N3CC[C@H](NC(=O)OC(C)(C)C)C3)c(OC)c2)cc1OC. The number of nitrogens with one attached hydrogen (secondary N) is 3. The van der Waals surface area contributed by atoms with E-state index in [1.54, 1.807) is 127 Å². The Labute approximate surface area is 747 Å². The van der Waals surface area contributed by atoms with Crippen molar-refractivity contribution >= 4 is 65.4 Å². The van der Waals surface area contributed by atoms with E-state index in [-0.39, 0.29) is 94.4 Å². The molecule has 12 rings (SSSR count). The number of cyclic esters (lactones) is 3. The van der Waals surface area contributed by atoms with Gasteiger partial charge in [0.05, 0.1) is 114 Å². The number of ether oxygens (including phenoxy) is 18. The Kier molecular flexibility index (Phi) is 35.8. The number of likely N-dealkylation sites (tertiary alicyclic amines) is 2. The number of hydrogen-bond acceptors (Lipinski definition) is 27. The molecule has 0 spiro atoms. The van der Waals surface area contributed by atoms with Crippen molar-refractivity contribution in [3.05, 3.63) is 143 Å². The van der Waals surface area contributed by atoms with E-state index < -0.39 is 41.0 Å². The lowest BCUT2D eigenvalue weighted by atomic mass is 9.85. The van der Waals surface area contributed by atoms with E-state index in [2.05, 4.69) is 16.0 Å². The summed E-state index contributed by atoms with van der Waals surface area (Å²) in [4.78, 5) is 113. The predicted molar refractivity (Wildman–Crippen MR) is 468 cm³/mol. The molecule has 692 valence electrons. The Morgan fingerprint density at radius 2 is 0.583 bits per heavy atom. The van der Waals surface area contributed by atoms with Crippen LogP contribution in [-0.2, 0) is 81.3 Å². The highest BCUT2D eigenvalue weighted by Crippen LogP contribution is 2.41. The molecular formula is C94H122ClN5O27. The third kappa shape index (κ3) is 29.8. The number of esters is 3. The molecule has 32 nitrogen and oxygen atoms in total. The van der Waals surface area contributed by atoms with Crippen molar-refractivity contribution in [2.75, 3.05) is 110 Å². The molecule has 33 heteroatoms. The summed E-state index contributed by atoms with van der Waals surface area (Å²) in [5.41, 5.74) is 3.11. The topological polar surface area (TPSA) is 362 Å². The van der Waals surface area contributed by atoms with Crippen LogP contribution in [0.5, 0.6) is 69.0 Å². The van der Waals surface area contributed by atoms with Crippen LogP contribution in [0, 0.1) is 35.5 Å². The van der Waals surface area contributed by atoms with Gasteiger partial charge in [0.2, 0.25) is 0 Å². The number of methoxy groups -OCH3 is 9. The van der Waals surface area contributed by atoms with E-state index >= 15 is 0 Å². The Morgan fingerprint density at radius 1 is 0.339 bits per heavy atom. The summed E-state index contributed by atoms with van der Waals surface area (Å²) in [5, 5.41) is 8.47. The van der Waals surface area contributed by atoms with E-state index in [1.165, 1.54) is 44.0 Å². The molecule has 1 saturated carbocycles. The van der Waals surface area contributed by atoms with Crippen LogP contribution in [0.3, 0.4) is 0 Å². The standard InChI is InChI=1S/2C31H40N2O9.C22H23ClO7.C10H19NO2/c2*1-31(2,3)42-29(35)32-22-11-12-33(17-22)30(36)41-25-10-8-20(16-27(25)39-6)14-23-21(18-40-28(23)34)13-19-7-9-24(37-4)26(15-19)38-5;1-26-17-6-4-13(10-19(17)27-2)8-15-12-29-21(24)16(15)9-14-5-7-18(30-22(23)25)20(11-14)28-3;1-10(2,3)13-9(12)11-8-6-4-5-7-8/h2*7-10,15-16,21-23H,11-14,17-18H2,1-6H3,(H,32,35);4-7,10-11,15-16H,8-9,12H2,1-3H3;8H,4-7H2,1-3H3,(H,11,12)/t21-,22+,23+;21-,22-,23+;15-,16+;/m000./s1. The maximum Gasteiger partial charge on any atom is 0.415 e. The van der Waals surface area contributed by atoms with E-state index in [4.69, 9.17) is 96.9 Å². The van der Waals surface area contributed by atoms with Gasteiger partial charge in [0.25, 0.3) is 0 Å². The summed E-state index contributed by atoms with van der Waals surface area (Å²) >= 11 is 5.28. The van der Waals surface area contributed by atoms with Gasteiger partial charge in [-0.3, -0.25) is 14.4 Å². The van der Waals surface area contributed by atoms with Gasteiger partial charge in [0, 0.05) is 61.6 Å². The number of benzene rings is 6. The van der Waals surface area contributed by atoms with Crippen molar-refractivity contribution in [2.24, 2.45) is 35.5 Å². The van der Waals surface area contributed by atoms with Crippen LogP contribution < -0.4 is 72.8 Å². The number of amides is 5. The molecule has 6 aromatic rings. The van der Waals surface area contributed by atoms with Crippen LogP contribution in [0.2, 0.25) is 0 Å². The zero-order valence-electron chi connectivity index (χ0n) is 75.8. The highest BCUT2D eigenvalue weighted by atomic mass is 35.5. The molecule has 5 aliphatic heterocycles. The minimum atomic E-state index is -0.949. The average molecular weight is 1790 g/mol.